The van der Waals surface area contributed by atoms with Crippen molar-refractivity contribution in [2.45, 2.75) is 11.8 Å². The van der Waals surface area contributed by atoms with Crippen molar-refractivity contribution in [1.29, 1.82) is 5.26 Å². The van der Waals surface area contributed by atoms with E-state index in [0.717, 1.165) is 9.87 Å². The van der Waals surface area contributed by atoms with Crippen LogP contribution in [0.4, 0.5) is 5.69 Å². The maximum absolute atomic E-state index is 12.8. The first kappa shape index (κ1) is 20.1. The van der Waals surface area contributed by atoms with E-state index in [0.29, 0.717) is 17.0 Å². The summed E-state index contributed by atoms with van der Waals surface area (Å²) in [6, 6.07) is 20.9. The van der Waals surface area contributed by atoms with Gasteiger partial charge in [0.2, 0.25) is 0 Å². The van der Waals surface area contributed by atoms with Gasteiger partial charge >= 0.3 is 5.97 Å². The molecule has 3 rings (SSSR count). The van der Waals surface area contributed by atoms with Crippen LogP contribution < -0.4 is 9.04 Å². The van der Waals surface area contributed by atoms with Crippen molar-refractivity contribution in [2.75, 3.05) is 11.4 Å². The zero-order valence-corrected chi connectivity index (χ0v) is 16.7. The second-order valence-electron chi connectivity index (χ2n) is 6.36. The van der Waals surface area contributed by atoms with E-state index < -0.39 is 16.0 Å². The molecule has 0 unspecified atom stereocenters. The number of carbonyl (C=O) groups excluding carboxylic acids is 1. The quantitative estimate of drug-likeness (QED) is 0.473. The number of nitriles is 1. The number of esters is 1. The smallest absolute Gasteiger partial charge is 0.343 e. The van der Waals surface area contributed by atoms with Gasteiger partial charge in [-0.3, -0.25) is 4.31 Å². The van der Waals surface area contributed by atoms with Crippen molar-refractivity contribution in [2.24, 2.45) is 0 Å². The van der Waals surface area contributed by atoms with Gasteiger partial charge in [0.15, 0.2) is 0 Å². The standard InChI is InChI=1S/C22H18N2O4S/c1-16-3-13-21(14-4-16)29(26,27)24(2)19-9-7-18(8-10-19)22(25)28-20-11-5-17(15-23)6-12-20/h3-14H,1-2H3. The molecule has 3 aromatic rings. The van der Waals surface area contributed by atoms with Gasteiger partial charge in [-0.2, -0.15) is 5.26 Å². The van der Waals surface area contributed by atoms with Crippen LogP contribution in [0.1, 0.15) is 21.5 Å². The zero-order chi connectivity index (χ0) is 21.0. The SMILES string of the molecule is Cc1ccc(S(=O)(=O)N(C)c2ccc(C(=O)Oc3ccc(C#N)cc3)cc2)cc1. The molecule has 6 nitrogen and oxygen atoms in total. The molecule has 0 bridgehead atoms. The fraction of sp³-hybridized carbons (Fsp3) is 0.0909. The van der Waals surface area contributed by atoms with Crippen molar-refractivity contribution in [3.63, 3.8) is 0 Å². The van der Waals surface area contributed by atoms with Crippen molar-refractivity contribution in [3.05, 3.63) is 89.5 Å². The third-order valence-corrected chi connectivity index (χ3v) is 6.14. The first-order valence-electron chi connectivity index (χ1n) is 8.69. The van der Waals surface area contributed by atoms with Gasteiger partial charge < -0.3 is 4.74 Å². The average molecular weight is 406 g/mol. The fourth-order valence-electron chi connectivity index (χ4n) is 2.58. The van der Waals surface area contributed by atoms with Crippen LogP contribution in [0.5, 0.6) is 5.75 Å². The largest absolute Gasteiger partial charge is 0.423 e. The van der Waals surface area contributed by atoms with E-state index in [2.05, 4.69) is 0 Å². The molecule has 0 aliphatic rings. The normalized spacial score (nSPS) is 10.8. The number of anilines is 1. The number of aryl methyl sites for hydroxylation is 1. The molecule has 0 N–H and O–H groups in total. The number of ether oxygens (including phenoxy) is 1. The molecule has 7 heteroatoms. The summed E-state index contributed by atoms with van der Waals surface area (Å²) in [6.07, 6.45) is 0. The zero-order valence-electron chi connectivity index (χ0n) is 15.9. The molecule has 146 valence electrons. The van der Waals surface area contributed by atoms with E-state index in [9.17, 15) is 13.2 Å². The van der Waals surface area contributed by atoms with Crippen LogP contribution in [-0.2, 0) is 10.0 Å². The lowest BCUT2D eigenvalue weighted by atomic mass is 10.2. The van der Waals surface area contributed by atoms with E-state index in [1.807, 2.05) is 13.0 Å². The van der Waals surface area contributed by atoms with Crippen LogP contribution in [0.2, 0.25) is 0 Å². The van der Waals surface area contributed by atoms with Gasteiger partial charge in [-0.25, -0.2) is 13.2 Å². The van der Waals surface area contributed by atoms with E-state index in [1.165, 1.54) is 31.3 Å². The molecule has 0 heterocycles. The van der Waals surface area contributed by atoms with Gasteiger partial charge in [-0.1, -0.05) is 17.7 Å². The van der Waals surface area contributed by atoms with Gasteiger partial charge in [0.25, 0.3) is 10.0 Å². The number of rotatable bonds is 5. The Morgan fingerprint density at radius 2 is 1.52 bits per heavy atom. The summed E-state index contributed by atoms with van der Waals surface area (Å²) in [6.45, 7) is 1.88. The van der Waals surface area contributed by atoms with Crippen molar-refractivity contribution >= 4 is 21.7 Å². The Balaban J connectivity index is 1.75. The second kappa shape index (κ2) is 8.17. The minimum atomic E-state index is -3.71. The highest BCUT2D eigenvalue weighted by molar-refractivity contribution is 7.92. The van der Waals surface area contributed by atoms with Gasteiger partial charge in [0.1, 0.15) is 5.75 Å². The lowest BCUT2D eigenvalue weighted by molar-refractivity contribution is 0.0735. The molecule has 0 spiro atoms. The average Bonchev–Trinajstić information content (AvgIpc) is 2.74. The molecule has 0 radical (unpaired) electrons. The van der Waals surface area contributed by atoms with E-state index in [4.69, 9.17) is 10.00 Å². The van der Waals surface area contributed by atoms with Crippen molar-refractivity contribution < 1.29 is 17.9 Å². The molecule has 0 atom stereocenters. The molecule has 3 aromatic carbocycles. The van der Waals surface area contributed by atoms with Gasteiger partial charge in [0.05, 0.1) is 27.8 Å². The number of carbonyl (C=O) groups is 1. The van der Waals surface area contributed by atoms with Crippen LogP contribution in [0, 0.1) is 18.3 Å². The van der Waals surface area contributed by atoms with Crippen LogP contribution in [0.15, 0.2) is 77.7 Å². The highest BCUT2D eigenvalue weighted by Crippen LogP contribution is 2.23. The lowest BCUT2D eigenvalue weighted by Gasteiger charge is -2.19. The summed E-state index contributed by atoms with van der Waals surface area (Å²) in [5, 5.41) is 8.80. The lowest BCUT2D eigenvalue weighted by Crippen LogP contribution is -2.26. The number of hydrogen-bond acceptors (Lipinski definition) is 5. The summed E-state index contributed by atoms with van der Waals surface area (Å²) >= 11 is 0. The highest BCUT2D eigenvalue weighted by Gasteiger charge is 2.21. The Morgan fingerprint density at radius 3 is 2.07 bits per heavy atom. The molecule has 0 aromatic heterocycles. The van der Waals surface area contributed by atoms with Crippen molar-refractivity contribution in [1.82, 2.24) is 0 Å². The molecule has 0 aliphatic heterocycles. The monoisotopic (exact) mass is 406 g/mol. The summed E-state index contributed by atoms with van der Waals surface area (Å²) in [4.78, 5) is 12.5. The predicted molar refractivity (Wildman–Crippen MR) is 109 cm³/mol. The third-order valence-electron chi connectivity index (χ3n) is 4.34. The van der Waals surface area contributed by atoms with Crippen LogP contribution in [0.25, 0.3) is 0 Å². The van der Waals surface area contributed by atoms with E-state index >= 15 is 0 Å². The number of sulfonamides is 1. The number of hydrogen-bond donors (Lipinski definition) is 0. The molecule has 0 aliphatic carbocycles. The Labute approximate surface area is 169 Å². The van der Waals surface area contributed by atoms with Crippen LogP contribution in [0.3, 0.4) is 0 Å². The first-order valence-corrected chi connectivity index (χ1v) is 10.1. The third kappa shape index (κ3) is 4.45. The molecule has 0 saturated heterocycles. The maximum atomic E-state index is 12.8. The topological polar surface area (TPSA) is 87.5 Å². The van der Waals surface area contributed by atoms with E-state index in [1.54, 1.807) is 48.5 Å². The number of nitrogens with zero attached hydrogens (tertiary/aromatic N) is 2. The Hall–Kier alpha value is -3.63. The summed E-state index contributed by atoms with van der Waals surface area (Å²) in [7, 11) is -2.25. The van der Waals surface area contributed by atoms with Gasteiger partial charge in [0, 0.05) is 7.05 Å². The van der Waals surface area contributed by atoms with Crippen LogP contribution in [-0.4, -0.2) is 21.4 Å². The van der Waals surface area contributed by atoms with Crippen LogP contribution >= 0.6 is 0 Å². The van der Waals surface area contributed by atoms with Gasteiger partial charge in [-0.15, -0.1) is 0 Å². The molecule has 0 amide bonds. The summed E-state index contributed by atoms with van der Waals surface area (Å²) in [5.74, 6) is -0.262. The Bertz CT molecular complexity index is 1160. The Kier molecular flexibility index (Phi) is 5.66. The Morgan fingerprint density at radius 1 is 0.931 bits per heavy atom. The predicted octanol–water partition coefficient (Wildman–Crippen LogP) is 3.91. The van der Waals surface area contributed by atoms with E-state index in [-0.39, 0.29) is 10.5 Å². The minimum Gasteiger partial charge on any atom is -0.423 e. The van der Waals surface area contributed by atoms with Crippen molar-refractivity contribution in [3.8, 4) is 11.8 Å². The minimum absolute atomic E-state index is 0.190. The summed E-state index contributed by atoms with van der Waals surface area (Å²) in [5.41, 5.74) is 2.13. The number of benzene rings is 3. The molecular formula is C22H18N2O4S. The molecule has 0 saturated carbocycles. The molecule has 29 heavy (non-hydrogen) atoms. The van der Waals surface area contributed by atoms with Gasteiger partial charge in [-0.05, 0) is 67.6 Å². The second-order valence-corrected chi connectivity index (χ2v) is 8.33. The maximum Gasteiger partial charge on any atom is 0.343 e. The first-order chi connectivity index (χ1) is 13.8. The fourth-order valence-corrected chi connectivity index (χ4v) is 3.77. The molecule has 0 fully saturated rings. The highest BCUT2D eigenvalue weighted by atomic mass is 32.2. The molecular weight excluding hydrogens is 388 g/mol. The summed E-state index contributed by atoms with van der Waals surface area (Å²) < 4.78 is 32.0.